The molecule has 0 atom stereocenters. The number of aryl methyl sites for hydroxylation is 1. The number of hydrogen-bond donors (Lipinski definition) is 1. The van der Waals surface area contributed by atoms with Gasteiger partial charge in [-0.25, -0.2) is 4.79 Å². The van der Waals surface area contributed by atoms with Crippen molar-refractivity contribution >= 4 is 16.7 Å². The van der Waals surface area contributed by atoms with Crippen molar-refractivity contribution in [1.29, 1.82) is 0 Å². The number of aromatic amines is 1. The first-order valence-corrected chi connectivity index (χ1v) is 8.80. The van der Waals surface area contributed by atoms with Gasteiger partial charge < -0.3 is 9.88 Å². The average molecular weight is 394 g/mol. The minimum atomic E-state index is -4.46. The molecule has 5 nitrogen and oxygen atoms in total. The monoisotopic (exact) mass is 394 g/mol. The van der Waals surface area contributed by atoms with Gasteiger partial charge in [0.05, 0.1) is 19.3 Å². The van der Waals surface area contributed by atoms with E-state index in [1.165, 1.54) is 17.0 Å². The number of piperazine rings is 1. The van der Waals surface area contributed by atoms with Crippen molar-refractivity contribution in [1.82, 2.24) is 14.5 Å². The van der Waals surface area contributed by atoms with Gasteiger partial charge in [-0.15, -0.1) is 0 Å². The van der Waals surface area contributed by atoms with Crippen LogP contribution in [0.2, 0.25) is 0 Å². The van der Waals surface area contributed by atoms with Gasteiger partial charge in [-0.05, 0) is 30.3 Å². The van der Waals surface area contributed by atoms with Gasteiger partial charge in [0.25, 0.3) is 0 Å². The van der Waals surface area contributed by atoms with Crippen LogP contribution in [0.1, 0.15) is 11.0 Å². The zero-order chi connectivity index (χ0) is 23.3. The minimum absolute atomic E-state index is 0.0693. The van der Waals surface area contributed by atoms with Gasteiger partial charge in [0.15, 0.2) is 0 Å². The normalized spacial score (nSPS) is 19.2. The number of hydrogen-bond acceptors (Lipinski definition) is 3. The molecule has 2 aromatic carbocycles. The highest BCUT2D eigenvalue weighted by Crippen LogP contribution is 2.31. The number of nitrogens with zero attached hydrogens (tertiary/aromatic N) is 3. The Kier molecular flexibility index (Phi) is 3.75. The summed E-state index contributed by atoms with van der Waals surface area (Å²) in [7, 11) is 0. The Balaban J connectivity index is 1.56. The van der Waals surface area contributed by atoms with Crippen molar-refractivity contribution in [2.45, 2.75) is 12.7 Å². The van der Waals surface area contributed by atoms with Crippen LogP contribution < -0.4 is 10.6 Å². The predicted octanol–water partition coefficient (Wildman–Crippen LogP) is 3.17. The van der Waals surface area contributed by atoms with Crippen LogP contribution in [0.5, 0.6) is 0 Å². The van der Waals surface area contributed by atoms with Crippen LogP contribution >= 0.6 is 0 Å². The average Bonchev–Trinajstić information content (AvgIpc) is 3.09. The lowest BCUT2D eigenvalue weighted by molar-refractivity contribution is -0.137. The Morgan fingerprint density at radius 1 is 1.00 bits per heavy atom. The third-order valence-electron chi connectivity index (χ3n) is 4.73. The molecule has 0 saturated carbocycles. The van der Waals surface area contributed by atoms with E-state index in [0.717, 1.165) is 16.7 Å². The molecule has 0 spiro atoms. The number of fused-ring (bicyclic) bond motifs is 1. The first-order chi connectivity index (χ1) is 14.9. The third-order valence-corrected chi connectivity index (χ3v) is 4.73. The van der Waals surface area contributed by atoms with Gasteiger partial charge in [-0.2, -0.15) is 13.2 Å². The first kappa shape index (κ1) is 14.3. The van der Waals surface area contributed by atoms with Gasteiger partial charge in [-0.3, -0.25) is 9.47 Å². The van der Waals surface area contributed by atoms with Gasteiger partial charge in [-0.1, -0.05) is 18.2 Å². The summed E-state index contributed by atoms with van der Waals surface area (Å²) >= 11 is 0. The molecular formula is C20H21F3N4O. The lowest BCUT2D eigenvalue weighted by Crippen LogP contribution is -2.47. The number of nitrogens with one attached hydrogen (secondary N) is 1. The van der Waals surface area contributed by atoms with Crippen LogP contribution in [0.4, 0.5) is 18.9 Å². The predicted molar refractivity (Wildman–Crippen MR) is 103 cm³/mol. The fraction of sp³-hybridized carbons (Fsp3) is 0.350. The van der Waals surface area contributed by atoms with Crippen molar-refractivity contribution in [2.75, 3.05) is 37.6 Å². The summed E-state index contributed by atoms with van der Waals surface area (Å²) in [4.78, 5) is 18.0. The fourth-order valence-corrected chi connectivity index (χ4v) is 3.24. The standard InChI is InChI=1S/C20H21F3N4O/c21-20(22,23)15-4-3-5-16(14-15)26-11-8-25(9-12-26)10-13-27-18-7-2-1-6-17(18)24-19(27)28/h1-7,14H,8-13H2,(H,24,28)/i10D2,13D2. The topological polar surface area (TPSA) is 44.3 Å². The third kappa shape index (κ3) is 3.77. The molecule has 1 fully saturated rings. The van der Waals surface area contributed by atoms with Crippen molar-refractivity contribution in [3.63, 3.8) is 0 Å². The molecule has 1 aliphatic heterocycles. The lowest BCUT2D eigenvalue weighted by Gasteiger charge is -2.36. The maximum Gasteiger partial charge on any atom is 0.416 e. The number of H-pyrrole nitrogens is 1. The second-order valence-electron chi connectivity index (χ2n) is 6.53. The number of alkyl halides is 3. The molecule has 1 saturated heterocycles. The van der Waals surface area contributed by atoms with Crippen LogP contribution in [0.15, 0.2) is 53.3 Å². The van der Waals surface area contributed by atoms with E-state index in [1.807, 2.05) is 0 Å². The summed E-state index contributed by atoms with van der Waals surface area (Å²) in [6, 6.07) is 11.4. The summed E-state index contributed by atoms with van der Waals surface area (Å²) in [5, 5.41) is 0. The maximum atomic E-state index is 13.0. The molecule has 0 radical (unpaired) electrons. The highest BCUT2D eigenvalue weighted by atomic mass is 19.4. The second-order valence-corrected chi connectivity index (χ2v) is 6.53. The SMILES string of the molecule is [2H]C([2H])(N1CCN(c2cccc(C(F)(F)F)c2)CC1)C([2H])([2H])n1c(=O)[nH]c2ccccc21. The summed E-state index contributed by atoms with van der Waals surface area (Å²) in [6.07, 6.45) is -4.46. The Morgan fingerprint density at radius 2 is 1.75 bits per heavy atom. The molecule has 8 heteroatoms. The van der Waals surface area contributed by atoms with Crippen LogP contribution in [-0.4, -0.2) is 47.1 Å². The molecule has 0 aliphatic carbocycles. The van der Waals surface area contributed by atoms with Crippen molar-refractivity contribution in [3.05, 3.63) is 64.6 Å². The first-order valence-electron chi connectivity index (χ1n) is 10.8. The van der Waals surface area contributed by atoms with Crippen molar-refractivity contribution < 1.29 is 18.7 Å². The lowest BCUT2D eigenvalue weighted by atomic mass is 10.1. The zero-order valence-corrected chi connectivity index (χ0v) is 14.8. The molecule has 0 unspecified atom stereocenters. The Morgan fingerprint density at radius 3 is 2.50 bits per heavy atom. The molecule has 4 rings (SSSR count). The fourth-order valence-electron chi connectivity index (χ4n) is 3.24. The number of anilines is 1. The van der Waals surface area contributed by atoms with E-state index in [9.17, 15) is 18.0 Å². The van der Waals surface area contributed by atoms with Crippen LogP contribution in [-0.2, 0) is 12.7 Å². The Labute approximate surface area is 165 Å². The quantitative estimate of drug-likeness (QED) is 0.739. The highest BCUT2D eigenvalue weighted by molar-refractivity contribution is 5.74. The van der Waals surface area contributed by atoms with Gasteiger partial charge in [0, 0.05) is 47.6 Å². The number of aromatic nitrogens is 2. The zero-order valence-electron chi connectivity index (χ0n) is 18.8. The molecule has 3 aromatic rings. The number of imidazole rings is 1. The van der Waals surface area contributed by atoms with E-state index < -0.39 is 30.4 Å². The Bertz CT molecular complexity index is 1180. The molecule has 0 bridgehead atoms. The summed E-state index contributed by atoms with van der Waals surface area (Å²) in [5.74, 6) is 0. The largest absolute Gasteiger partial charge is 0.416 e. The summed E-state index contributed by atoms with van der Waals surface area (Å²) < 4.78 is 73.9. The molecule has 1 N–H and O–H groups in total. The minimum Gasteiger partial charge on any atom is -0.369 e. The van der Waals surface area contributed by atoms with Crippen LogP contribution in [0, 0.1) is 0 Å². The maximum absolute atomic E-state index is 13.0. The Hall–Kier alpha value is -2.74. The molecule has 28 heavy (non-hydrogen) atoms. The smallest absolute Gasteiger partial charge is 0.369 e. The molecule has 0 amide bonds. The molecular weight excluding hydrogens is 369 g/mol. The van der Waals surface area contributed by atoms with Gasteiger partial charge in [0.1, 0.15) is 0 Å². The van der Waals surface area contributed by atoms with E-state index in [2.05, 4.69) is 4.98 Å². The number of para-hydroxylation sites is 2. The molecule has 148 valence electrons. The van der Waals surface area contributed by atoms with Gasteiger partial charge >= 0.3 is 11.9 Å². The number of benzene rings is 2. The van der Waals surface area contributed by atoms with Gasteiger partial charge in [0.2, 0.25) is 0 Å². The van der Waals surface area contributed by atoms with E-state index >= 15 is 0 Å². The van der Waals surface area contributed by atoms with E-state index in [0.29, 0.717) is 11.2 Å². The molecule has 2 heterocycles. The van der Waals surface area contributed by atoms with Crippen LogP contribution in [0.3, 0.4) is 0 Å². The second kappa shape index (κ2) is 7.35. The summed E-state index contributed by atoms with van der Waals surface area (Å²) in [5.41, 5.74) is -0.512. The highest BCUT2D eigenvalue weighted by Gasteiger charge is 2.31. The molecule has 1 aliphatic rings. The van der Waals surface area contributed by atoms with E-state index in [4.69, 9.17) is 5.48 Å². The van der Waals surface area contributed by atoms with Crippen LogP contribution in [0.25, 0.3) is 11.0 Å². The van der Waals surface area contributed by atoms with E-state index in [1.54, 1.807) is 29.2 Å². The van der Waals surface area contributed by atoms with E-state index in [-0.39, 0.29) is 31.7 Å². The molecule has 1 aromatic heterocycles. The summed E-state index contributed by atoms with van der Waals surface area (Å²) in [6.45, 7) is -4.71. The van der Waals surface area contributed by atoms with Crippen molar-refractivity contribution in [3.8, 4) is 0 Å². The number of rotatable bonds is 4. The van der Waals surface area contributed by atoms with Crippen molar-refractivity contribution in [2.24, 2.45) is 0 Å². The number of halogens is 3.